The maximum Gasteiger partial charge on any atom is 0.188 e. The lowest BCUT2D eigenvalue weighted by Crippen LogP contribution is -2.38. The number of guanidine groups is 1. The van der Waals surface area contributed by atoms with Gasteiger partial charge in [-0.15, -0.1) is 24.0 Å². The molecule has 0 unspecified atom stereocenters. The molecule has 5 nitrogen and oxygen atoms in total. The van der Waals surface area contributed by atoms with E-state index in [1.807, 2.05) is 0 Å². The number of rotatable bonds is 8. The second-order valence-electron chi connectivity index (χ2n) is 4.61. The summed E-state index contributed by atoms with van der Waals surface area (Å²) < 4.78 is 4.92. The highest BCUT2D eigenvalue weighted by atomic mass is 127. The zero-order valence-electron chi connectivity index (χ0n) is 13.1. The fourth-order valence-electron chi connectivity index (χ4n) is 1.93. The van der Waals surface area contributed by atoms with Crippen molar-refractivity contribution in [2.75, 3.05) is 44.8 Å². The maximum atomic E-state index is 5.77. The molecule has 0 aliphatic heterocycles. The lowest BCUT2D eigenvalue weighted by molar-refractivity contribution is 0.208. The van der Waals surface area contributed by atoms with E-state index in [2.05, 4.69) is 53.3 Å². The van der Waals surface area contributed by atoms with Gasteiger partial charge in [0.2, 0.25) is 0 Å². The van der Waals surface area contributed by atoms with E-state index >= 15 is 0 Å². The number of methoxy groups -OCH3 is 1. The Hall–Kier alpha value is -1.02. The Morgan fingerprint density at radius 1 is 1.43 bits per heavy atom. The van der Waals surface area contributed by atoms with Crippen molar-refractivity contribution in [2.24, 2.45) is 10.7 Å². The zero-order chi connectivity index (χ0) is 14.8. The van der Waals surface area contributed by atoms with Gasteiger partial charge in [-0.05, 0) is 31.5 Å². The summed E-state index contributed by atoms with van der Waals surface area (Å²) in [6.07, 6.45) is 0. The summed E-state index contributed by atoms with van der Waals surface area (Å²) in [6, 6.07) is 8.52. The molecule has 1 rings (SSSR count). The lowest BCUT2D eigenvalue weighted by Gasteiger charge is -2.23. The molecule has 0 heterocycles. The lowest BCUT2D eigenvalue weighted by atomic mass is 10.2. The first-order valence-electron chi connectivity index (χ1n) is 7.01. The number of ether oxygens (including phenoxy) is 1. The van der Waals surface area contributed by atoms with E-state index in [1.165, 1.54) is 11.3 Å². The molecule has 6 heteroatoms. The highest BCUT2D eigenvalue weighted by Gasteiger charge is 2.03. The molecule has 0 aliphatic rings. The number of nitrogens with zero attached hydrogens (tertiary/aromatic N) is 2. The zero-order valence-corrected chi connectivity index (χ0v) is 15.5. The molecule has 0 fully saturated rings. The van der Waals surface area contributed by atoms with E-state index in [0.717, 1.165) is 19.6 Å². The molecule has 0 aliphatic carbocycles. The number of benzene rings is 1. The van der Waals surface area contributed by atoms with E-state index in [9.17, 15) is 0 Å². The van der Waals surface area contributed by atoms with Gasteiger partial charge in [0.05, 0.1) is 13.2 Å². The van der Waals surface area contributed by atoms with Gasteiger partial charge in [0.1, 0.15) is 0 Å². The quantitative estimate of drug-likeness (QED) is 0.300. The normalized spacial score (nSPS) is 10.9. The van der Waals surface area contributed by atoms with E-state index in [-0.39, 0.29) is 24.0 Å². The minimum Gasteiger partial charge on any atom is -0.383 e. The van der Waals surface area contributed by atoms with E-state index in [4.69, 9.17) is 10.5 Å². The first-order valence-corrected chi connectivity index (χ1v) is 7.01. The van der Waals surface area contributed by atoms with Crippen LogP contribution in [0.25, 0.3) is 0 Å². The van der Waals surface area contributed by atoms with Gasteiger partial charge in [-0.3, -0.25) is 4.99 Å². The van der Waals surface area contributed by atoms with Gasteiger partial charge in [-0.2, -0.15) is 0 Å². The largest absolute Gasteiger partial charge is 0.383 e. The standard InChI is InChI=1S/C15H26N4O.HI/c1-4-19(14-7-5-6-13(2)12-14)10-8-17-15(16)18-9-11-20-3;/h5-7,12H,4,8-11H2,1-3H3,(H3,16,17,18);1H. The molecule has 0 saturated carbocycles. The summed E-state index contributed by atoms with van der Waals surface area (Å²) in [4.78, 5) is 6.47. The Labute approximate surface area is 145 Å². The van der Waals surface area contributed by atoms with Crippen LogP contribution in [-0.2, 0) is 4.74 Å². The monoisotopic (exact) mass is 406 g/mol. The Balaban J connectivity index is 0.00000400. The van der Waals surface area contributed by atoms with Gasteiger partial charge in [-0.1, -0.05) is 12.1 Å². The summed E-state index contributed by atoms with van der Waals surface area (Å²) in [5.74, 6) is 0.474. The van der Waals surface area contributed by atoms with Crippen molar-refractivity contribution in [3.05, 3.63) is 29.8 Å². The summed E-state index contributed by atoms with van der Waals surface area (Å²) in [6.45, 7) is 8.06. The number of nitrogens with one attached hydrogen (secondary N) is 1. The molecule has 1 aromatic rings. The number of aliphatic imine (C=N–C) groups is 1. The van der Waals surface area contributed by atoms with Crippen molar-refractivity contribution >= 4 is 35.6 Å². The van der Waals surface area contributed by atoms with Crippen LogP contribution < -0.4 is 16.0 Å². The van der Waals surface area contributed by atoms with E-state index < -0.39 is 0 Å². The van der Waals surface area contributed by atoms with Crippen molar-refractivity contribution in [2.45, 2.75) is 13.8 Å². The summed E-state index contributed by atoms with van der Waals surface area (Å²) in [5, 5.41) is 3.12. The van der Waals surface area contributed by atoms with Crippen LogP contribution >= 0.6 is 24.0 Å². The van der Waals surface area contributed by atoms with Crippen LogP contribution in [0.3, 0.4) is 0 Å². The Bertz CT molecular complexity index is 426. The Kier molecular flexibility index (Phi) is 11.1. The van der Waals surface area contributed by atoms with E-state index in [1.54, 1.807) is 7.11 Å². The summed E-state index contributed by atoms with van der Waals surface area (Å²) in [5.41, 5.74) is 8.28. The fraction of sp³-hybridized carbons (Fsp3) is 0.533. The van der Waals surface area contributed by atoms with Crippen molar-refractivity contribution in [1.82, 2.24) is 5.32 Å². The van der Waals surface area contributed by atoms with Gasteiger partial charge in [-0.25, -0.2) is 0 Å². The molecule has 3 N–H and O–H groups in total. The highest BCUT2D eigenvalue weighted by molar-refractivity contribution is 14.0. The number of likely N-dealkylation sites (N-methyl/N-ethyl adjacent to an activating group) is 1. The van der Waals surface area contributed by atoms with Gasteiger partial charge in [0.25, 0.3) is 0 Å². The van der Waals surface area contributed by atoms with Crippen LogP contribution in [0.15, 0.2) is 29.3 Å². The van der Waals surface area contributed by atoms with E-state index in [0.29, 0.717) is 19.1 Å². The third-order valence-electron chi connectivity index (χ3n) is 3.01. The smallest absolute Gasteiger partial charge is 0.188 e. The minimum atomic E-state index is 0. The number of hydrogen-bond acceptors (Lipinski definition) is 3. The third kappa shape index (κ3) is 8.11. The molecule has 0 spiro atoms. The molecule has 0 bridgehead atoms. The van der Waals surface area contributed by atoms with Gasteiger partial charge in [0, 0.05) is 32.4 Å². The van der Waals surface area contributed by atoms with Crippen LogP contribution in [0, 0.1) is 6.92 Å². The van der Waals surface area contributed by atoms with Crippen molar-refractivity contribution in [1.29, 1.82) is 0 Å². The van der Waals surface area contributed by atoms with Crippen LogP contribution in [-0.4, -0.2) is 45.9 Å². The Morgan fingerprint density at radius 3 is 2.81 bits per heavy atom. The number of aryl methyl sites for hydroxylation is 1. The Morgan fingerprint density at radius 2 is 2.19 bits per heavy atom. The molecule has 0 atom stereocenters. The first-order chi connectivity index (χ1) is 9.67. The maximum absolute atomic E-state index is 5.77. The van der Waals surface area contributed by atoms with Crippen LogP contribution in [0.1, 0.15) is 12.5 Å². The second kappa shape index (κ2) is 11.6. The highest BCUT2D eigenvalue weighted by Crippen LogP contribution is 2.14. The second-order valence-corrected chi connectivity index (χ2v) is 4.61. The van der Waals surface area contributed by atoms with Gasteiger partial charge in [0.15, 0.2) is 5.96 Å². The molecule has 120 valence electrons. The van der Waals surface area contributed by atoms with Crippen molar-refractivity contribution in [3.8, 4) is 0 Å². The van der Waals surface area contributed by atoms with Gasteiger partial charge < -0.3 is 20.7 Å². The molecule has 0 radical (unpaired) electrons. The number of halogens is 1. The van der Waals surface area contributed by atoms with Crippen LogP contribution in [0.5, 0.6) is 0 Å². The molecule has 1 aromatic carbocycles. The molecular weight excluding hydrogens is 379 g/mol. The summed E-state index contributed by atoms with van der Waals surface area (Å²) >= 11 is 0. The fourth-order valence-corrected chi connectivity index (χ4v) is 1.93. The average Bonchev–Trinajstić information content (AvgIpc) is 2.44. The third-order valence-corrected chi connectivity index (χ3v) is 3.01. The predicted molar refractivity (Wildman–Crippen MR) is 101 cm³/mol. The molecule has 21 heavy (non-hydrogen) atoms. The molecular formula is C15H27IN4O. The SMILES string of the molecule is CCN(CCNC(N)=NCCOC)c1cccc(C)c1.I. The molecule has 0 aromatic heterocycles. The van der Waals surface area contributed by atoms with Gasteiger partial charge >= 0.3 is 0 Å². The van der Waals surface area contributed by atoms with Crippen molar-refractivity contribution in [3.63, 3.8) is 0 Å². The number of anilines is 1. The van der Waals surface area contributed by atoms with Crippen LogP contribution in [0.2, 0.25) is 0 Å². The van der Waals surface area contributed by atoms with Crippen LogP contribution in [0.4, 0.5) is 5.69 Å². The topological polar surface area (TPSA) is 62.9 Å². The first kappa shape index (κ1) is 20.0. The number of nitrogens with two attached hydrogens (primary N) is 1. The summed E-state index contributed by atoms with van der Waals surface area (Å²) in [7, 11) is 1.65. The predicted octanol–water partition coefficient (Wildman–Crippen LogP) is 1.99. The minimum absolute atomic E-state index is 0. The molecule has 0 amide bonds. The van der Waals surface area contributed by atoms with Crippen molar-refractivity contribution < 1.29 is 4.74 Å². The number of hydrogen-bond donors (Lipinski definition) is 2. The molecule has 0 saturated heterocycles. The average molecular weight is 406 g/mol.